The first-order valence-corrected chi connectivity index (χ1v) is 7.94. The van der Waals surface area contributed by atoms with Crippen molar-refractivity contribution >= 4 is 21.7 Å². The first kappa shape index (κ1) is 14.8. The van der Waals surface area contributed by atoms with Crippen LogP contribution in [0.25, 0.3) is 0 Å². The highest BCUT2D eigenvalue weighted by Gasteiger charge is 2.17. The van der Waals surface area contributed by atoms with Gasteiger partial charge >= 0.3 is 0 Å². The lowest BCUT2D eigenvalue weighted by Crippen LogP contribution is -2.48. The molecule has 1 fully saturated rings. The van der Waals surface area contributed by atoms with Crippen molar-refractivity contribution in [3.05, 3.63) is 23.9 Å². The minimum absolute atomic E-state index is 0.874. The zero-order valence-corrected chi connectivity index (χ0v) is 13.4. The summed E-state index contributed by atoms with van der Waals surface area (Å²) in [5.41, 5.74) is 1.23. The van der Waals surface area contributed by atoms with Crippen LogP contribution in [0.5, 0.6) is 0 Å². The first-order valence-electron chi connectivity index (χ1n) is 6.82. The number of alkyl halides is 1. The lowest BCUT2D eigenvalue weighted by atomic mass is 10.2. The molecule has 0 bridgehead atoms. The van der Waals surface area contributed by atoms with Gasteiger partial charge in [-0.25, -0.2) is 4.98 Å². The number of hydrogen-bond acceptors (Lipinski definition) is 4. The van der Waals surface area contributed by atoms with Crippen molar-refractivity contribution in [1.82, 2.24) is 14.8 Å². The standard InChI is InChI=1S/C14H23BrN4/c1-17(2)5-6-18-7-9-19(10-8-18)14-4-3-13(11-15)12-16-14/h3-4,12H,5-11H2,1-2H3. The van der Waals surface area contributed by atoms with Gasteiger partial charge in [-0.1, -0.05) is 22.0 Å². The van der Waals surface area contributed by atoms with Gasteiger partial charge in [0.15, 0.2) is 0 Å². The summed E-state index contributed by atoms with van der Waals surface area (Å²) in [7, 11) is 4.26. The molecule has 2 heterocycles. The Labute approximate surface area is 124 Å². The van der Waals surface area contributed by atoms with E-state index in [9.17, 15) is 0 Å². The van der Waals surface area contributed by atoms with E-state index in [0.29, 0.717) is 0 Å². The second kappa shape index (κ2) is 7.22. The molecule has 1 saturated heterocycles. The van der Waals surface area contributed by atoms with E-state index in [4.69, 9.17) is 0 Å². The van der Waals surface area contributed by atoms with Crippen LogP contribution in [0.15, 0.2) is 18.3 Å². The number of likely N-dealkylation sites (N-methyl/N-ethyl adjacent to an activating group) is 1. The van der Waals surface area contributed by atoms with Gasteiger partial charge in [-0.15, -0.1) is 0 Å². The molecule has 0 aliphatic carbocycles. The van der Waals surface area contributed by atoms with Gasteiger partial charge in [-0.2, -0.15) is 0 Å². The summed E-state index contributed by atoms with van der Waals surface area (Å²) in [4.78, 5) is 11.7. The average molecular weight is 327 g/mol. The van der Waals surface area contributed by atoms with Crippen LogP contribution in [0.3, 0.4) is 0 Å². The molecule has 0 unspecified atom stereocenters. The molecule has 4 nitrogen and oxygen atoms in total. The lowest BCUT2D eigenvalue weighted by molar-refractivity contribution is 0.229. The molecule has 0 atom stereocenters. The topological polar surface area (TPSA) is 22.6 Å². The normalized spacial score (nSPS) is 17.2. The Bertz CT molecular complexity index is 372. The fourth-order valence-electron chi connectivity index (χ4n) is 2.22. The highest BCUT2D eigenvalue weighted by molar-refractivity contribution is 9.08. The van der Waals surface area contributed by atoms with Gasteiger partial charge in [0.25, 0.3) is 0 Å². The van der Waals surface area contributed by atoms with Crippen molar-refractivity contribution in [2.75, 3.05) is 58.3 Å². The smallest absolute Gasteiger partial charge is 0.128 e. The third kappa shape index (κ3) is 4.44. The fraction of sp³-hybridized carbons (Fsp3) is 0.643. The van der Waals surface area contributed by atoms with Crippen molar-refractivity contribution in [2.45, 2.75) is 5.33 Å². The second-order valence-corrected chi connectivity index (χ2v) is 5.85. The number of piperazine rings is 1. The van der Waals surface area contributed by atoms with Crippen molar-refractivity contribution in [3.8, 4) is 0 Å². The van der Waals surface area contributed by atoms with Crippen molar-refractivity contribution in [2.24, 2.45) is 0 Å². The fourth-order valence-corrected chi connectivity index (χ4v) is 2.56. The number of pyridine rings is 1. The second-order valence-electron chi connectivity index (χ2n) is 5.29. The van der Waals surface area contributed by atoms with Crippen molar-refractivity contribution in [1.29, 1.82) is 0 Å². The zero-order valence-electron chi connectivity index (χ0n) is 11.8. The number of nitrogens with zero attached hydrogens (tertiary/aromatic N) is 4. The molecule has 0 N–H and O–H groups in total. The highest BCUT2D eigenvalue weighted by Crippen LogP contribution is 2.15. The summed E-state index contributed by atoms with van der Waals surface area (Å²) in [5, 5.41) is 0.874. The van der Waals surface area contributed by atoms with E-state index >= 15 is 0 Å². The van der Waals surface area contributed by atoms with Crippen LogP contribution in [0, 0.1) is 0 Å². The van der Waals surface area contributed by atoms with Crippen LogP contribution in [0.4, 0.5) is 5.82 Å². The lowest BCUT2D eigenvalue weighted by Gasteiger charge is -2.35. The summed E-state index contributed by atoms with van der Waals surface area (Å²) in [6.07, 6.45) is 1.96. The SMILES string of the molecule is CN(C)CCN1CCN(c2ccc(CBr)cn2)CC1. The summed E-state index contributed by atoms with van der Waals surface area (Å²) in [6.45, 7) is 6.72. The van der Waals surface area contributed by atoms with Gasteiger partial charge in [0.1, 0.15) is 5.82 Å². The van der Waals surface area contributed by atoms with Crippen LogP contribution >= 0.6 is 15.9 Å². The summed E-state index contributed by atoms with van der Waals surface area (Å²) in [6, 6.07) is 4.28. The van der Waals surface area contributed by atoms with E-state index in [1.54, 1.807) is 0 Å². The molecule has 0 radical (unpaired) electrons. The molecule has 19 heavy (non-hydrogen) atoms. The Hall–Kier alpha value is -0.650. The Morgan fingerprint density at radius 3 is 2.47 bits per heavy atom. The summed E-state index contributed by atoms with van der Waals surface area (Å²) < 4.78 is 0. The van der Waals surface area contributed by atoms with Crippen LogP contribution in [0.2, 0.25) is 0 Å². The van der Waals surface area contributed by atoms with Gasteiger partial charge in [0.05, 0.1) is 0 Å². The molecule has 1 aromatic heterocycles. The van der Waals surface area contributed by atoms with Gasteiger partial charge in [-0.05, 0) is 25.7 Å². The van der Waals surface area contributed by atoms with Crippen LogP contribution < -0.4 is 4.90 Å². The number of hydrogen-bond donors (Lipinski definition) is 0. The van der Waals surface area contributed by atoms with Gasteiger partial charge in [0, 0.05) is 50.8 Å². The Morgan fingerprint density at radius 2 is 1.95 bits per heavy atom. The molecule has 0 spiro atoms. The van der Waals surface area contributed by atoms with Gasteiger partial charge < -0.3 is 9.80 Å². The third-order valence-electron chi connectivity index (χ3n) is 3.52. The Kier molecular flexibility index (Phi) is 5.60. The summed E-state index contributed by atoms with van der Waals surface area (Å²) in [5.74, 6) is 1.11. The molecule has 1 aromatic rings. The Balaban J connectivity index is 1.81. The molecular formula is C14H23BrN4. The minimum atomic E-state index is 0.874. The van der Waals surface area contributed by atoms with E-state index in [0.717, 1.165) is 50.4 Å². The maximum atomic E-state index is 4.54. The van der Waals surface area contributed by atoms with E-state index in [1.165, 1.54) is 5.56 Å². The van der Waals surface area contributed by atoms with E-state index < -0.39 is 0 Å². The van der Waals surface area contributed by atoms with Gasteiger partial charge in [-0.3, -0.25) is 4.90 Å². The molecule has 1 aliphatic heterocycles. The molecule has 0 amide bonds. The maximum absolute atomic E-state index is 4.54. The van der Waals surface area contributed by atoms with E-state index in [2.05, 4.69) is 61.8 Å². The molecule has 0 aromatic carbocycles. The highest BCUT2D eigenvalue weighted by atomic mass is 79.9. The predicted octanol–water partition coefficient (Wildman–Crippen LogP) is 1.66. The van der Waals surface area contributed by atoms with Crippen LogP contribution in [0.1, 0.15) is 5.56 Å². The number of halogens is 1. The molecule has 1 aliphatic rings. The van der Waals surface area contributed by atoms with Gasteiger partial charge in [0.2, 0.25) is 0 Å². The first-order chi connectivity index (χ1) is 9.19. The molecule has 106 valence electrons. The van der Waals surface area contributed by atoms with Crippen LogP contribution in [-0.2, 0) is 5.33 Å². The zero-order chi connectivity index (χ0) is 13.7. The van der Waals surface area contributed by atoms with Crippen LogP contribution in [-0.4, -0.2) is 68.1 Å². The number of anilines is 1. The predicted molar refractivity (Wildman–Crippen MR) is 84.1 cm³/mol. The largest absolute Gasteiger partial charge is 0.354 e. The van der Waals surface area contributed by atoms with Crippen molar-refractivity contribution in [3.63, 3.8) is 0 Å². The Morgan fingerprint density at radius 1 is 1.21 bits per heavy atom. The number of rotatable bonds is 5. The minimum Gasteiger partial charge on any atom is -0.354 e. The quantitative estimate of drug-likeness (QED) is 0.767. The molecule has 2 rings (SSSR count). The number of aromatic nitrogens is 1. The summed E-state index contributed by atoms with van der Waals surface area (Å²) >= 11 is 3.45. The van der Waals surface area contributed by atoms with E-state index in [-0.39, 0.29) is 0 Å². The monoisotopic (exact) mass is 326 g/mol. The van der Waals surface area contributed by atoms with Crippen molar-refractivity contribution < 1.29 is 0 Å². The molecular weight excluding hydrogens is 304 g/mol. The maximum Gasteiger partial charge on any atom is 0.128 e. The van der Waals surface area contributed by atoms with E-state index in [1.807, 2.05) is 6.20 Å². The molecule has 5 heteroatoms. The third-order valence-corrected chi connectivity index (χ3v) is 4.17. The molecule has 0 saturated carbocycles. The average Bonchev–Trinajstić information content (AvgIpc) is 2.46.